The fraction of sp³-hybridized carbons (Fsp3) is 0.304. The molecule has 1 aromatic heterocycles. The zero-order valence-corrected chi connectivity index (χ0v) is 16.6. The van der Waals surface area contributed by atoms with Crippen LogP contribution in [0, 0.1) is 12.7 Å². The van der Waals surface area contributed by atoms with E-state index in [1.807, 2.05) is 6.07 Å². The highest BCUT2D eigenvalue weighted by Gasteiger charge is 2.24. The average Bonchev–Trinajstić information content (AvgIpc) is 2.75. The van der Waals surface area contributed by atoms with Crippen LogP contribution in [-0.2, 0) is 11.3 Å². The molecule has 2 heterocycles. The second-order valence-corrected chi connectivity index (χ2v) is 7.25. The second-order valence-electron chi connectivity index (χ2n) is 7.25. The molecule has 0 bridgehead atoms. The predicted molar refractivity (Wildman–Crippen MR) is 109 cm³/mol. The summed E-state index contributed by atoms with van der Waals surface area (Å²) in [6.07, 6.45) is 3.20. The summed E-state index contributed by atoms with van der Waals surface area (Å²) in [6.45, 7) is 5.00. The van der Waals surface area contributed by atoms with Crippen LogP contribution >= 0.6 is 0 Å². The van der Waals surface area contributed by atoms with Gasteiger partial charge >= 0.3 is 0 Å². The quantitative estimate of drug-likeness (QED) is 0.651. The largest absolute Gasteiger partial charge is 0.496 e. The number of ether oxygens (including phenoxy) is 2. The minimum absolute atomic E-state index is 0.179. The van der Waals surface area contributed by atoms with E-state index in [2.05, 4.69) is 40.0 Å². The van der Waals surface area contributed by atoms with Gasteiger partial charge in [-0.1, -0.05) is 24.3 Å². The van der Waals surface area contributed by atoms with Crippen molar-refractivity contribution < 1.29 is 13.9 Å². The highest BCUT2D eigenvalue weighted by atomic mass is 19.1. The molecule has 0 spiro atoms. The number of hydrogen-bond donors (Lipinski definition) is 0. The molecule has 0 unspecified atom stereocenters. The molecule has 1 atom stereocenters. The summed E-state index contributed by atoms with van der Waals surface area (Å²) in [5.41, 5.74) is 4.43. The molecule has 1 aliphatic heterocycles. The molecule has 1 saturated heterocycles. The van der Waals surface area contributed by atoms with Gasteiger partial charge in [0.15, 0.2) is 0 Å². The lowest BCUT2D eigenvalue weighted by Gasteiger charge is -2.33. The third-order valence-electron chi connectivity index (χ3n) is 5.09. The Morgan fingerprint density at radius 2 is 2.10 bits per heavy atom. The molecular formula is C23H24FN3O2. The maximum Gasteiger partial charge on any atom is 0.123 e. The molecule has 0 saturated carbocycles. The highest BCUT2D eigenvalue weighted by Crippen LogP contribution is 2.27. The predicted octanol–water partition coefficient (Wildman–Crippen LogP) is 4.17. The van der Waals surface area contributed by atoms with Crippen LogP contribution in [0.5, 0.6) is 5.75 Å². The number of methoxy groups -OCH3 is 1. The number of morpholine rings is 1. The van der Waals surface area contributed by atoms with E-state index >= 15 is 0 Å². The molecule has 1 aliphatic rings. The molecule has 5 nitrogen and oxygen atoms in total. The van der Waals surface area contributed by atoms with E-state index in [4.69, 9.17) is 9.47 Å². The van der Waals surface area contributed by atoms with E-state index in [1.165, 1.54) is 17.7 Å². The zero-order chi connectivity index (χ0) is 20.2. The molecular weight excluding hydrogens is 369 g/mol. The first-order valence-electron chi connectivity index (χ1n) is 9.68. The Balaban J connectivity index is 1.51. The number of nitrogens with zero attached hydrogens (tertiary/aromatic N) is 3. The van der Waals surface area contributed by atoms with Gasteiger partial charge in [-0.05, 0) is 30.7 Å². The Bertz CT molecular complexity index is 995. The Kier molecular flexibility index (Phi) is 5.83. The van der Waals surface area contributed by atoms with Crippen LogP contribution < -0.4 is 4.74 Å². The van der Waals surface area contributed by atoms with Crippen LogP contribution in [0.15, 0.2) is 54.9 Å². The number of rotatable bonds is 5. The first kappa shape index (κ1) is 19.5. The fourth-order valence-electron chi connectivity index (χ4n) is 3.57. The highest BCUT2D eigenvalue weighted by molar-refractivity contribution is 5.58. The molecule has 0 N–H and O–H groups in total. The van der Waals surface area contributed by atoms with Crippen molar-refractivity contribution in [3.05, 3.63) is 77.5 Å². The van der Waals surface area contributed by atoms with Crippen molar-refractivity contribution in [3.63, 3.8) is 0 Å². The molecule has 2 aromatic carbocycles. The summed E-state index contributed by atoms with van der Waals surface area (Å²) in [5.74, 6) is 0.614. The van der Waals surface area contributed by atoms with E-state index in [-0.39, 0.29) is 11.9 Å². The summed E-state index contributed by atoms with van der Waals surface area (Å²) in [4.78, 5) is 11.3. The molecule has 1 fully saturated rings. The minimum Gasteiger partial charge on any atom is -0.496 e. The van der Waals surface area contributed by atoms with Crippen molar-refractivity contribution in [2.45, 2.75) is 19.6 Å². The first-order chi connectivity index (χ1) is 14.1. The van der Waals surface area contributed by atoms with Crippen molar-refractivity contribution >= 4 is 0 Å². The molecule has 0 aliphatic carbocycles. The van der Waals surface area contributed by atoms with Crippen LogP contribution in [0.2, 0.25) is 0 Å². The van der Waals surface area contributed by atoms with Gasteiger partial charge in [0.1, 0.15) is 17.7 Å². The second kappa shape index (κ2) is 8.68. The monoisotopic (exact) mass is 393 g/mol. The summed E-state index contributed by atoms with van der Waals surface area (Å²) in [7, 11) is 1.70. The third kappa shape index (κ3) is 4.60. The summed E-state index contributed by atoms with van der Waals surface area (Å²) >= 11 is 0. The maximum atomic E-state index is 13.6. The number of benzene rings is 2. The lowest BCUT2D eigenvalue weighted by atomic mass is 10.1. The molecule has 0 amide bonds. The standard InChI is InChI=1S/C23H24FN3O2/c1-16-6-7-18(22(10-16)28-2)14-27-8-9-29-23(15-27)21-13-25-12-20(26-21)17-4-3-5-19(24)11-17/h3-7,10-13,23H,8-9,14-15H2,1-2H3/t23-/m0/s1. The molecule has 150 valence electrons. The van der Waals surface area contributed by atoms with Gasteiger partial charge in [0.25, 0.3) is 0 Å². The Labute approximate surface area is 170 Å². The van der Waals surface area contributed by atoms with Crippen LogP contribution in [0.3, 0.4) is 0 Å². The summed E-state index contributed by atoms with van der Waals surface area (Å²) < 4.78 is 25.1. The molecule has 6 heteroatoms. The maximum absolute atomic E-state index is 13.6. The normalized spacial score (nSPS) is 17.3. The van der Waals surface area contributed by atoms with E-state index < -0.39 is 0 Å². The van der Waals surface area contributed by atoms with Gasteiger partial charge in [-0.15, -0.1) is 0 Å². The minimum atomic E-state index is -0.290. The first-order valence-corrected chi connectivity index (χ1v) is 9.68. The molecule has 29 heavy (non-hydrogen) atoms. The molecule has 0 radical (unpaired) electrons. The van der Waals surface area contributed by atoms with Gasteiger partial charge < -0.3 is 9.47 Å². The molecule has 3 aromatic rings. The van der Waals surface area contributed by atoms with Gasteiger partial charge in [-0.3, -0.25) is 9.88 Å². The van der Waals surface area contributed by atoms with E-state index in [1.54, 1.807) is 25.6 Å². The van der Waals surface area contributed by atoms with Crippen molar-refractivity contribution in [2.24, 2.45) is 0 Å². The van der Waals surface area contributed by atoms with Crippen LogP contribution in [0.25, 0.3) is 11.3 Å². The third-order valence-corrected chi connectivity index (χ3v) is 5.09. The lowest BCUT2D eigenvalue weighted by Crippen LogP contribution is -2.38. The fourth-order valence-corrected chi connectivity index (χ4v) is 3.57. The summed E-state index contributed by atoms with van der Waals surface area (Å²) in [5, 5.41) is 0. The van der Waals surface area contributed by atoms with E-state index in [0.29, 0.717) is 24.4 Å². The summed E-state index contributed by atoms with van der Waals surface area (Å²) in [6, 6.07) is 12.7. The van der Waals surface area contributed by atoms with Gasteiger partial charge in [-0.2, -0.15) is 0 Å². The molecule has 4 rings (SSSR count). The number of aromatic nitrogens is 2. The zero-order valence-electron chi connectivity index (χ0n) is 16.6. The van der Waals surface area contributed by atoms with Gasteiger partial charge in [0.2, 0.25) is 0 Å². The van der Waals surface area contributed by atoms with E-state index in [0.717, 1.165) is 30.1 Å². The Hall–Kier alpha value is -2.83. The Morgan fingerprint density at radius 3 is 2.93 bits per heavy atom. The topological polar surface area (TPSA) is 47.5 Å². The lowest BCUT2D eigenvalue weighted by molar-refractivity contribution is -0.0352. The van der Waals surface area contributed by atoms with Gasteiger partial charge in [0, 0.05) is 30.8 Å². The van der Waals surface area contributed by atoms with Crippen LogP contribution in [0.1, 0.15) is 22.9 Å². The smallest absolute Gasteiger partial charge is 0.123 e. The Morgan fingerprint density at radius 1 is 1.21 bits per heavy atom. The number of halogens is 1. The number of aryl methyl sites for hydroxylation is 1. The van der Waals surface area contributed by atoms with Crippen LogP contribution in [0.4, 0.5) is 4.39 Å². The van der Waals surface area contributed by atoms with Gasteiger partial charge in [0.05, 0.1) is 37.5 Å². The number of hydrogen-bond acceptors (Lipinski definition) is 5. The van der Waals surface area contributed by atoms with Crippen molar-refractivity contribution in [1.29, 1.82) is 0 Å². The van der Waals surface area contributed by atoms with Gasteiger partial charge in [-0.25, -0.2) is 9.37 Å². The SMILES string of the molecule is COc1cc(C)ccc1CN1CCO[C@H](c2cncc(-c3cccc(F)c3)n2)C1. The average molecular weight is 393 g/mol. The van der Waals surface area contributed by atoms with E-state index in [9.17, 15) is 4.39 Å². The van der Waals surface area contributed by atoms with Crippen molar-refractivity contribution in [1.82, 2.24) is 14.9 Å². The van der Waals surface area contributed by atoms with Crippen molar-refractivity contribution in [2.75, 3.05) is 26.8 Å². The van der Waals surface area contributed by atoms with Crippen molar-refractivity contribution in [3.8, 4) is 17.0 Å². The van der Waals surface area contributed by atoms with Crippen LogP contribution in [-0.4, -0.2) is 41.7 Å².